The van der Waals surface area contributed by atoms with Gasteiger partial charge in [-0.1, -0.05) is 0 Å². The molecule has 1 fully saturated rings. The number of aliphatic hydroxyl groups excluding tert-OH is 1. The van der Waals surface area contributed by atoms with Crippen molar-refractivity contribution in [1.82, 2.24) is 14.5 Å². The zero-order valence-corrected chi connectivity index (χ0v) is 11.0. The molecule has 2 unspecified atom stereocenters. The summed E-state index contributed by atoms with van der Waals surface area (Å²) in [6.45, 7) is 3.80. The first-order valence-corrected chi connectivity index (χ1v) is 6.41. The Balaban J connectivity index is 2.08. The standard InChI is InChI=1S/C12H20N4O3/c1-9-7-19-10(6-17)4-16(9)12(18)11-5-15(3-2-13)8-14-11/h5,8-10,17H,2-4,6-7,13H2,1H3. The van der Waals surface area contributed by atoms with Gasteiger partial charge in [-0.05, 0) is 6.92 Å². The highest BCUT2D eigenvalue weighted by atomic mass is 16.5. The second kappa shape index (κ2) is 6.14. The number of morpholine rings is 1. The van der Waals surface area contributed by atoms with Gasteiger partial charge < -0.3 is 25.0 Å². The van der Waals surface area contributed by atoms with Crippen LogP contribution >= 0.6 is 0 Å². The number of aromatic nitrogens is 2. The topological polar surface area (TPSA) is 93.6 Å². The van der Waals surface area contributed by atoms with Gasteiger partial charge >= 0.3 is 0 Å². The molecule has 0 radical (unpaired) electrons. The number of hydrogen-bond acceptors (Lipinski definition) is 5. The third-order valence-electron chi connectivity index (χ3n) is 3.21. The molecule has 106 valence electrons. The molecule has 7 heteroatoms. The van der Waals surface area contributed by atoms with Crippen LogP contribution in [-0.4, -0.2) is 63.9 Å². The molecule has 1 saturated heterocycles. The number of carbonyl (C=O) groups excluding carboxylic acids is 1. The molecule has 0 aromatic carbocycles. The van der Waals surface area contributed by atoms with Crippen LogP contribution in [-0.2, 0) is 11.3 Å². The number of aliphatic hydroxyl groups is 1. The van der Waals surface area contributed by atoms with Gasteiger partial charge in [-0.25, -0.2) is 4.98 Å². The number of hydrogen-bond donors (Lipinski definition) is 2. The Morgan fingerprint density at radius 3 is 3.16 bits per heavy atom. The lowest BCUT2D eigenvalue weighted by atomic mass is 10.2. The van der Waals surface area contributed by atoms with Crippen LogP contribution in [0.2, 0.25) is 0 Å². The maximum Gasteiger partial charge on any atom is 0.274 e. The second-order valence-electron chi connectivity index (χ2n) is 4.73. The first kappa shape index (κ1) is 14.0. The number of ether oxygens (including phenoxy) is 1. The van der Waals surface area contributed by atoms with Crippen molar-refractivity contribution in [3.8, 4) is 0 Å². The summed E-state index contributed by atoms with van der Waals surface area (Å²) in [6.07, 6.45) is 2.99. The van der Waals surface area contributed by atoms with Crippen molar-refractivity contribution in [2.24, 2.45) is 5.73 Å². The minimum Gasteiger partial charge on any atom is -0.394 e. The van der Waals surface area contributed by atoms with Gasteiger partial charge in [-0.3, -0.25) is 4.79 Å². The Kier molecular flexibility index (Phi) is 4.52. The fraction of sp³-hybridized carbons (Fsp3) is 0.667. The van der Waals surface area contributed by atoms with Crippen LogP contribution in [0, 0.1) is 0 Å². The largest absolute Gasteiger partial charge is 0.394 e. The van der Waals surface area contributed by atoms with Crippen LogP contribution < -0.4 is 5.73 Å². The van der Waals surface area contributed by atoms with Crippen LogP contribution in [0.1, 0.15) is 17.4 Å². The average Bonchev–Trinajstić information content (AvgIpc) is 2.88. The molecule has 2 rings (SSSR count). The molecule has 19 heavy (non-hydrogen) atoms. The molecule has 2 heterocycles. The first-order valence-electron chi connectivity index (χ1n) is 6.41. The van der Waals surface area contributed by atoms with E-state index in [1.54, 1.807) is 22.0 Å². The normalized spacial score (nSPS) is 23.6. The Morgan fingerprint density at radius 1 is 1.68 bits per heavy atom. The quantitative estimate of drug-likeness (QED) is 0.735. The van der Waals surface area contributed by atoms with Gasteiger partial charge in [0.05, 0.1) is 31.7 Å². The van der Waals surface area contributed by atoms with Crippen molar-refractivity contribution >= 4 is 5.91 Å². The van der Waals surface area contributed by atoms with Gasteiger partial charge in [0.25, 0.3) is 5.91 Å². The fourth-order valence-electron chi connectivity index (χ4n) is 2.10. The van der Waals surface area contributed by atoms with Crippen LogP contribution in [0.3, 0.4) is 0 Å². The summed E-state index contributed by atoms with van der Waals surface area (Å²) in [5.41, 5.74) is 5.86. The van der Waals surface area contributed by atoms with Crippen LogP contribution in [0.4, 0.5) is 0 Å². The summed E-state index contributed by atoms with van der Waals surface area (Å²) in [5, 5.41) is 9.12. The SMILES string of the molecule is CC1COC(CO)CN1C(=O)c1cn(CCN)cn1. The first-order chi connectivity index (χ1) is 9.15. The Morgan fingerprint density at radius 2 is 2.47 bits per heavy atom. The number of amides is 1. The van der Waals surface area contributed by atoms with Gasteiger partial charge in [0, 0.05) is 25.8 Å². The number of imidazole rings is 1. The van der Waals surface area contributed by atoms with Crippen molar-refractivity contribution < 1.29 is 14.6 Å². The van der Waals surface area contributed by atoms with E-state index in [9.17, 15) is 4.79 Å². The van der Waals surface area contributed by atoms with E-state index >= 15 is 0 Å². The highest BCUT2D eigenvalue weighted by Crippen LogP contribution is 2.14. The van der Waals surface area contributed by atoms with Crippen LogP contribution in [0.5, 0.6) is 0 Å². The summed E-state index contributed by atoms with van der Waals surface area (Å²) < 4.78 is 7.21. The van der Waals surface area contributed by atoms with E-state index < -0.39 is 0 Å². The zero-order valence-electron chi connectivity index (χ0n) is 11.0. The van der Waals surface area contributed by atoms with Crippen molar-refractivity contribution in [3.05, 3.63) is 18.2 Å². The van der Waals surface area contributed by atoms with E-state index in [1.807, 2.05) is 6.92 Å². The van der Waals surface area contributed by atoms with Crippen molar-refractivity contribution in [3.63, 3.8) is 0 Å². The highest BCUT2D eigenvalue weighted by molar-refractivity contribution is 5.92. The van der Waals surface area contributed by atoms with E-state index in [0.717, 1.165) is 0 Å². The van der Waals surface area contributed by atoms with Crippen molar-refractivity contribution in [1.29, 1.82) is 0 Å². The molecular weight excluding hydrogens is 248 g/mol. The van der Waals surface area contributed by atoms with Gasteiger partial charge in [-0.15, -0.1) is 0 Å². The predicted octanol–water partition coefficient (Wildman–Crippen LogP) is -0.936. The molecule has 1 aromatic heterocycles. The summed E-state index contributed by atoms with van der Waals surface area (Å²) in [7, 11) is 0. The summed E-state index contributed by atoms with van der Waals surface area (Å²) in [6, 6.07) is -0.0186. The lowest BCUT2D eigenvalue weighted by molar-refractivity contribution is -0.0668. The third kappa shape index (κ3) is 3.12. The molecule has 0 bridgehead atoms. The second-order valence-corrected chi connectivity index (χ2v) is 4.73. The Bertz CT molecular complexity index is 434. The van der Waals surface area contributed by atoms with E-state index in [-0.39, 0.29) is 24.7 Å². The molecule has 1 aliphatic heterocycles. The van der Waals surface area contributed by atoms with Gasteiger partial charge in [0.15, 0.2) is 0 Å². The van der Waals surface area contributed by atoms with Crippen LogP contribution in [0.25, 0.3) is 0 Å². The number of carbonyl (C=O) groups is 1. The van der Waals surface area contributed by atoms with E-state index in [2.05, 4.69) is 4.98 Å². The smallest absolute Gasteiger partial charge is 0.274 e. The number of nitrogens with two attached hydrogens (primary N) is 1. The van der Waals surface area contributed by atoms with Gasteiger partial charge in [0.1, 0.15) is 5.69 Å². The van der Waals surface area contributed by atoms with Crippen LogP contribution in [0.15, 0.2) is 12.5 Å². The number of nitrogens with zero attached hydrogens (tertiary/aromatic N) is 3. The zero-order chi connectivity index (χ0) is 13.8. The van der Waals surface area contributed by atoms with E-state index in [4.69, 9.17) is 15.6 Å². The van der Waals surface area contributed by atoms with Gasteiger partial charge in [0.2, 0.25) is 0 Å². The monoisotopic (exact) mass is 268 g/mol. The third-order valence-corrected chi connectivity index (χ3v) is 3.21. The average molecular weight is 268 g/mol. The minimum atomic E-state index is -0.314. The summed E-state index contributed by atoms with van der Waals surface area (Å²) in [5.74, 6) is -0.134. The molecule has 7 nitrogen and oxygen atoms in total. The molecule has 1 aliphatic rings. The maximum absolute atomic E-state index is 12.4. The molecule has 2 atom stereocenters. The maximum atomic E-state index is 12.4. The molecule has 0 spiro atoms. The van der Waals surface area contributed by atoms with Crippen molar-refractivity contribution in [2.75, 3.05) is 26.3 Å². The Hall–Kier alpha value is -1.44. The summed E-state index contributed by atoms with van der Waals surface area (Å²) in [4.78, 5) is 18.2. The van der Waals surface area contributed by atoms with E-state index in [0.29, 0.717) is 31.9 Å². The highest BCUT2D eigenvalue weighted by Gasteiger charge is 2.30. The summed E-state index contributed by atoms with van der Waals surface area (Å²) >= 11 is 0. The Labute approximate surface area is 112 Å². The molecule has 1 aromatic rings. The minimum absolute atomic E-state index is 0.0186. The molecule has 1 amide bonds. The molecular formula is C12H20N4O3. The fourth-order valence-corrected chi connectivity index (χ4v) is 2.10. The number of rotatable bonds is 4. The molecule has 3 N–H and O–H groups in total. The predicted molar refractivity (Wildman–Crippen MR) is 68.6 cm³/mol. The molecule has 0 saturated carbocycles. The lowest BCUT2D eigenvalue weighted by Crippen LogP contribution is -2.52. The molecule has 0 aliphatic carbocycles. The lowest BCUT2D eigenvalue weighted by Gasteiger charge is -2.37. The van der Waals surface area contributed by atoms with Crippen molar-refractivity contribution in [2.45, 2.75) is 25.6 Å². The van der Waals surface area contributed by atoms with Gasteiger partial charge in [-0.2, -0.15) is 0 Å². The van der Waals surface area contributed by atoms with E-state index in [1.165, 1.54) is 0 Å².